The van der Waals surface area contributed by atoms with E-state index in [2.05, 4.69) is 0 Å². The molecular formula is C8H6Cl2O4S. The molecule has 1 aromatic rings. The van der Waals surface area contributed by atoms with Gasteiger partial charge in [0.1, 0.15) is 0 Å². The maximum atomic E-state index is 11.5. The highest BCUT2D eigenvalue weighted by molar-refractivity contribution is 7.92. The fourth-order valence-corrected chi connectivity index (χ4v) is 2.84. The zero-order chi connectivity index (χ0) is 11.6. The molecule has 1 N–H and O–H groups in total. The fraction of sp³-hybridized carbons (Fsp3) is 0.125. The van der Waals surface area contributed by atoms with Crippen molar-refractivity contribution in [3.05, 3.63) is 28.2 Å². The van der Waals surface area contributed by atoms with Gasteiger partial charge in [-0.25, -0.2) is 8.42 Å². The summed E-state index contributed by atoms with van der Waals surface area (Å²) in [5.74, 6) is -2.42. The minimum absolute atomic E-state index is 0.0799. The first-order chi connectivity index (χ1) is 6.83. The summed E-state index contributed by atoms with van der Waals surface area (Å²) < 4.78 is 22.9. The van der Waals surface area contributed by atoms with Crippen LogP contribution < -0.4 is 0 Å². The van der Waals surface area contributed by atoms with E-state index in [0.29, 0.717) is 0 Å². The Balaban J connectivity index is 3.22. The number of hydrogen-bond donors (Lipinski definition) is 1. The Bertz CT molecular complexity index is 495. The molecule has 4 nitrogen and oxygen atoms in total. The molecule has 0 saturated heterocycles. The zero-order valence-corrected chi connectivity index (χ0v) is 9.60. The molecule has 0 fully saturated rings. The third-order valence-electron chi connectivity index (χ3n) is 1.54. The Morgan fingerprint density at radius 1 is 1.33 bits per heavy atom. The molecule has 0 aliphatic rings. The molecule has 0 unspecified atom stereocenters. The van der Waals surface area contributed by atoms with Crippen LogP contribution in [0.15, 0.2) is 23.1 Å². The highest BCUT2D eigenvalue weighted by atomic mass is 35.5. The molecule has 0 aliphatic heterocycles. The van der Waals surface area contributed by atoms with Crippen molar-refractivity contribution in [1.82, 2.24) is 0 Å². The van der Waals surface area contributed by atoms with Crippen LogP contribution in [0.2, 0.25) is 10.0 Å². The van der Waals surface area contributed by atoms with Gasteiger partial charge in [-0.3, -0.25) is 4.79 Å². The van der Waals surface area contributed by atoms with Crippen LogP contribution in [-0.4, -0.2) is 25.2 Å². The van der Waals surface area contributed by atoms with E-state index in [4.69, 9.17) is 28.3 Å². The van der Waals surface area contributed by atoms with Crippen molar-refractivity contribution >= 4 is 39.0 Å². The lowest BCUT2D eigenvalue weighted by molar-refractivity contribution is -0.134. The van der Waals surface area contributed by atoms with Gasteiger partial charge < -0.3 is 5.11 Å². The number of halogens is 2. The molecule has 82 valence electrons. The Hall–Kier alpha value is -0.780. The first-order valence-electron chi connectivity index (χ1n) is 3.72. The van der Waals surface area contributed by atoms with Crippen LogP contribution in [0.3, 0.4) is 0 Å². The number of benzene rings is 1. The maximum absolute atomic E-state index is 11.5. The number of carboxylic acids is 1. The first kappa shape index (κ1) is 12.3. The van der Waals surface area contributed by atoms with Crippen molar-refractivity contribution in [2.75, 3.05) is 5.75 Å². The van der Waals surface area contributed by atoms with Crippen molar-refractivity contribution in [3.8, 4) is 0 Å². The van der Waals surface area contributed by atoms with E-state index in [9.17, 15) is 13.2 Å². The van der Waals surface area contributed by atoms with Crippen molar-refractivity contribution < 1.29 is 18.3 Å². The molecule has 0 heterocycles. The molecule has 0 aliphatic carbocycles. The van der Waals surface area contributed by atoms with Crippen molar-refractivity contribution in [1.29, 1.82) is 0 Å². The highest BCUT2D eigenvalue weighted by Crippen LogP contribution is 2.25. The Kier molecular flexibility index (Phi) is 3.59. The van der Waals surface area contributed by atoms with E-state index >= 15 is 0 Å². The normalized spacial score (nSPS) is 11.3. The van der Waals surface area contributed by atoms with Crippen molar-refractivity contribution in [2.24, 2.45) is 0 Å². The number of aliphatic carboxylic acids is 1. The van der Waals surface area contributed by atoms with E-state index in [1.54, 1.807) is 0 Å². The smallest absolute Gasteiger partial charge is 0.319 e. The summed E-state index contributed by atoms with van der Waals surface area (Å²) in [6.07, 6.45) is 0. The van der Waals surface area contributed by atoms with Crippen LogP contribution in [0.4, 0.5) is 0 Å². The second-order valence-electron chi connectivity index (χ2n) is 2.73. The zero-order valence-electron chi connectivity index (χ0n) is 7.28. The Labute approximate surface area is 96.3 Å². The van der Waals surface area contributed by atoms with Gasteiger partial charge in [0, 0.05) is 5.02 Å². The standard InChI is InChI=1S/C8H6Cl2O4S/c9-5-1-2-7(6(10)3-5)15(13,14)4-8(11)12/h1-3H,4H2,(H,11,12). The average Bonchev–Trinajstić information content (AvgIpc) is 1.99. The number of hydrogen-bond acceptors (Lipinski definition) is 3. The predicted octanol–water partition coefficient (Wildman–Crippen LogP) is 1.85. The van der Waals surface area contributed by atoms with Gasteiger partial charge in [0.2, 0.25) is 0 Å². The van der Waals surface area contributed by atoms with Crippen LogP contribution in [0.25, 0.3) is 0 Å². The van der Waals surface area contributed by atoms with Gasteiger partial charge in [-0.2, -0.15) is 0 Å². The fourth-order valence-electron chi connectivity index (χ4n) is 0.968. The topological polar surface area (TPSA) is 71.4 Å². The second-order valence-corrected chi connectivity index (χ2v) is 5.53. The summed E-state index contributed by atoms with van der Waals surface area (Å²) in [4.78, 5) is 10.1. The van der Waals surface area contributed by atoms with Gasteiger partial charge in [-0.1, -0.05) is 23.2 Å². The molecule has 1 rings (SSSR count). The van der Waals surface area contributed by atoms with Crippen LogP contribution in [0.5, 0.6) is 0 Å². The first-order valence-corrected chi connectivity index (χ1v) is 6.13. The third kappa shape index (κ3) is 3.09. The minimum Gasteiger partial charge on any atom is -0.480 e. The molecule has 7 heteroatoms. The Morgan fingerprint density at radius 2 is 1.93 bits per heavy atom. The molecule has 0 atom stereocenters. The van der Waals surface area contributed by atoms with Gasteiger partial charge in [-0.15, -0.1) is 0 Å². The molecule has 0 bridgehead atoms. The lowest BCUT2D eigenvalue weighted by Gasteiger charge is -2.03. The van der Waals surface area contributed by atoms with Gasteiger partial charge in [-0.05, 0) is 18.2 Å². The lowest BCUT2D eigenvalue weighted by atomic mass is 10.4. The van der Waals surface area contributed by atoms with Crippen molar-refractivity contribution in [3.63, 3.8) is 0 Å². The van der Waals surface area contributed by atoms with E-state index < -0.39 is 21.6 Å². The molecule has 0 amide bonds. The van der Waals surface area contributed by atoms with Gasteiger partial charge >= 0.3 is 5.97 Å². The summed E-state index contributed by atoms with van der Waals surface area (Å²) >= 11 is 11.2. The van der Waals surface area contributed by atoms with E-state index in [1.165, 1.54) is 18.2 Å². The SMILES string of the molecule is O=C(O)CS(=O)(=O)c1ccc(Cl)cc1Cl. The summed E-state index contributed by atoms with van der Waals surface area (Å²) in [5.41, 5.74) is 0. The quantitative estimate of drug-likeness (QED) is 0.908. The van der Waals surface area contributed by atoms with Crippen LogP contribution >= 0.6 is 23.2 Å². The average molecular weight is 269 g/mol. The van der Waals surface area contributed by atoms with Crippen molar-refractivity contribution in [2.45, 2.75) is 4.90 Å². The predicted molar refractivity (Wildman–Crippen MR) is 56.2 cm³/mol. The number of sulfone groups is 1. The summed E-state index contributed by atoms with van der Waals surface area (Å²) in [7, 11) is -3.90. The maximum Gasteiger partial charge on any atom is 0.319 e. The number of carboxylic acid groups (broad SMARTS) is 1. The third-order valence-corrected chi connectivity index (χ3v) is 3.86. The second kappa shape index (κ2) is 4.38. The van der Waals surface area contributed by atoms with Gasteiger partial charge in [0.15, 0.2) is 15.6 Å². The van der Waals surface area contributed by atoms with Gasteiger partial charge in [0.25, 0.3) is 0 Å². The molecule has 0 spiro atoms. The lowest BCUT2D eigenvalue weighted by Crippen LogP contribution is -2.15. The molecule has 1 aromatic carbocycles. The van der Waals surface area contributed by atoms with Crippen LogP contribution in [-0.2, 0) is 14.6 Å². The van der Waals surface area contributed by atoms with Gasteiger partial charge in [0.05, 0.1) is 9.92 Å². The molecule has 0 radical (unpaired) electrons. The molecule has 0 saturated carbocycles. The molecular weight excluding hydrogens is 263 g/mol. The largest absolute Gasteiger partial charge is 0.480 e. The highest BCUT2D eigenvalue weighted by Gasteiger charge is 2.21. The van der Waals surface area contributed by atoms with Crippen LogP contribution in [0, 0.1) is 0 Å². The van der Waals surface area contributed by atoms with E-state index in [0.717, 1.165) is 0 Å². The summed E-state index contributed by atoms with van der Waals surface area (Å²) in [6.45, 7) is 0. The summed E-state index contributed by atoms with van der Waals surface area (Å²) in [5, 5.41) is 8.61. The minimum atomic E-state index is -3.90. The molecule has 15 heavy (non-hydrogen) atoms. The Morgan fingerprint density at radius 3 is 2.40 bits per heavy atom. The van der Waals surface area contributed by atoms with E-state index in [-0.39, 0.29) is 14.9 Å². The molecule has 0 aromatic heterocycles. The van der Waals surface area contributed by atoms with E-state index in [1.807, 2.05) is 0 Å². The van der Waals surface area contributed by atoms with Crippen LogP contribution in [0.1, 0.15) is 0 Å². The monoisotopic (exact) mass is 268 g/mol. The number of rotatable bonds is 3. The number of carbonyl (C=O) groups is 1. The summed E-state index contributed by atoms with van der Waals surface area (Å²) in [6, 6.07) is 3.77.